The number of rotatable bonds is 8. The van der Waals surface area contributed by atoms with Crippen LogP contribution < -0.4 is 9.46 Å². The van der Waals surface area contributed by atoms with Gasteiger partial charge in [0.05, 0.1) is 18.4 Å². The first-order valence-electron chi connectivity index (χ1n) is 8.25. The molecule has 0 aromatic heterocycles. The van der Waals surface area contributed by atoms with Gasteiger partial charge in [0.15, 0.2) is 6.10 Å². The van der Waals surface area contributed by atoms with Gasteiger partial charge in [0.2, 0.25) is 15.8 Å². The molecule has 7 nitrogen and oxygen atoms in total. The highest BCUT2D eigenvalue weighted by Gasteiger charge is 2.20. The van der Waals surface area contributed by atoms with E-state index in [4.69, 9.17) is 9.47 Å². The number of esters is 1. The number of carbonyl (C=O) groups excluding carboxylic acids is 2. The summed E-state index contributed by atoms with van der Waals surface area (Å²) in [5, 5.41) is 0. The first kappa shape index (κ1) is 20.4. The summed E-state index contributed by atoms with van der Waals surface area (Å²) in [6.07, 6.45) is 0.0481. The summed E-state index contributed by atoms with van der Waals surface area (Å²) in [4.78, 5) is 24.6. The van der Waals surface area contributed by atoms with Crippen molar-refractivity contribution in [2.75, 3.05) is 17.6 Å². The van der Waals surface area contributed by atoms with E-state index in [0.717, 1.165) is 6.26 Å². The fraction of sp³-hybridized carbons (Fsp3) is 0.263. The average molecular weight is 391 g/mol. The van der Waals surface area contributed by atoms with Crippen molar-refractivity contribution in [1.29, 1.82) is 0 Å². The molecule has 0 fully saturated rings. The Kier molecular flexibility index (Phi) is 6.57. The average Bonchev–Trinajstić information content (AvgIpc) is 2.61. The van der Waals surface area contributed by atoms with Crippen molar-refractivity contribution in [3.05, 3.63) is 59.7 Å². The second-order valence-electron chi connectivity index (χ2n) is 5.82. The van der Waals surface area contributed by atoms with E-state index in [1.54, 1.807) is 24.3 Å². The molecule has 144 valence electrons. The van der Waals surface area contributed by atoms with Crippen LogP contribution in [-0.2, 0) is 14.8 Å². The smallest absolute Gasteiger partial charge is 0.338 e. The zero-order valence-electron chi connectivity index (χ0n) is 15.3. The minimum atomic E-state index is -3.39. The van der Waals surface area contributed by atoms with Crippen LogP contribution in [0.4, 0.5) is 5.69 Å². The third-order valence-electron chi connectivity index (χ3n) is 3.53. The lowest BCUT2D eigenvalue weighted by Crippen LogP contribution is -2.24. The molecule has 1 N–H and O–H groups in total. The summed E-state index contributed by atoms with van der Waals surface area (Å²) >= 11 is 0. The Hall–Kier alpha value is -2.87. The normalized spacial score (nSPS) is 12.1. The number of ketones is 1. The number of ether oxygens (including phenoxy) is 2. The predicted octanol–water partition coefficient (Wildman–Crippen LogP) is 2.89. The van der Waals surface area contributed by atoms with Gasteiger partial charge in [-0.25, -0.2) is 13.2 Å². The second kappa shape index (κ2) is 8.68. The topological polar surface area (TPSA) is 98.8 Å². The van der Waals surface area contributed by atoms with Crippen LogP contribution in [0.1, 0.15) is 34.6 Å². The number of carbonyl (C=O) groups is 2. The second-order valence-corrected chi connectivity index (χ2v) is 7.57. The van der Waals surface area contributed by atoms with Crippen LogP contribution in [-0.4, -0.2) is 39.1 Å². The highest BCUT2D eigenvalue weighted by Crippen LogP contribution is 2.16. The van der Waals surface area contributed by atoms with E-state index in [0.29, 0.717) is 29.2 Å². The highest BCUT2D eigenvalue weighted by atomic mass is 32.2. The van der Waals surface area contributed by atoms with Crippen molar-refractivity contribution in [1.82, 2.24) is 0 Å². The van der Waals surface area contributed by atoms with Gasteiger partial charge in [-0.15, -0.1) is 0 Å². The van der Waals surface area contributed by atoms with Gasteiger partial charge in [-0.3, -0.25) is 9.52 Å². The molecule has 8 heteroatoms. The van der Waals surface area contributed by atoms with Crippen molar-refractivity contribution >= 4 is 27.5 Å². The molecule has 2 aromatic rings. The minimum Gasteiger partial charge on any atom is -0.494 e. The molecule has 0 amide bonds. The molecule has 0 aliphatic heterocycles. The van der Waals surface area contributed by atoms with Crippen LogP contribution in [0.15, 0.2) is 48.5 Å². The number of hydrogen-bond acceptors (Lipinski definition) is 6. The molecule has 0 heterocycles. The Labute approximate surface area is 158 Å². The van der Waals surface area contributed by atoms with Crippen LogP contribution in [0.5, 0.6) is 5.75 Å². The van der Waals surface area contributed by atoms with Gasteiger partial charge >= 0.3 is 5.97 Å². The molecular weight excluding hydrogens is 370 g/mol. The largest absolute Gasteiger partial charge is 0.494 e. The maximum atomic E-state index is 12.4. The third kappa shape index (κ3) is 6.10. The molecular formula is C19H21NO6S. The van der Waals surface area contributed by atoms with E-state index in [9.17, 15) is 18.0 Å². The summed E-state index contributed by atoms with van der Waals surface area (Å²) in [7, 11) is -3.39. The highest BCUT2D eigenvalue weighted by molar-refractivity contribution is 7.92. The van der Waals surface area contributed by atoms with Crippen molar-refractivity contribution in [2.24, 2.45) is 0 Å². The molecule has 27 heavy (non-hydrogen) atoms. The number of anilines is 1. The minimum absolute atomic E-state index is 0.307. The fourth-order valence-corrected chi connectivity index (χ4v) is 2.85. The molecule has 0 spiro atoms. The van der Waals surface area contributed by atoms with Gasteiger partial charge in [0.1, 0.15) is 5.75 Å². The van der Waals surface area contributed by atoms with Gasteiger partial charge in [-0.05, 0) is 62.4 Å². The van der Waals surface area contributed by atoms with Gasteiger partial charge in [-0.1, -0.05) is 0 Å². The van der Waals surface area contributed by atoms with Crippen molar-refractivity contribution in [2.45, 2.75) is 20.0 Å². The number of Topliss-reactive ketones (excluding diaryl/α,β-unsaturated/α-hetero) is 1. The Morgan fingerprint density at radius 1 is 1.00 bits per heavy atom. The van der Waals surface area contributed by atoms with Crippen LogP contribution in [0.3, 0.4) is 0 Å². The quantitative estimate of drug-likeness (QED) is 0.549. The van der Waals surface area contributed by atoms with E-state index in [1.807, 2.05) is 6.92 Å². The van der Waals surface area contributed by atoms with Gasteiger partial charge in [-0.2, -0.15) is 0 Å². The summed E-state index contributed by atoms with van der Waals surface area (Å²) in [5.74, 6) is -0.365. The Balaban J connectivity index is 2.01. The van der Waals surface area contributed by atoms with E-state index >= 15 is 0 Å². The van der Waals surface area contributed by atoms with Gasteiger partial charge in [0, 0.05) is 11.3 Å². The standard InChI is InChI=1S/C19H21NO6S/c1-4-25-17-11-7-15(8-12-17)19(22)26-13(2)18(21)14-5-9-16(10-6-14)20-27(3,23)24/h5-13,20H,4H2,1-3H3. The number of hydrogen-bond donors (Lipinski definition) is 1. The number of sulfonamides is 1. The lowest BCUT2D eigenvalue weighted by Gasteiger charge is -2.13. The van der Waals surface area contributed by atoms with Crippen molar-refractivity contribution < 1.29 is 27.5 Å². The number of benzene rings is 2. The lowest BCUT2D eigenvalue weighted by atomic mass is 10.1. The molecule has 0 aliphatic rings. The molecule has 0 radical (unpaired) electrons. The summed E-state index contributed by atoms with van der Waals surface area (Å²) < 4.78 is 35.2. The molecule has 1 atom stereocenters. The van der Waals surface area contributed by atoms with Gasteiger partial charge < -0.3 is 9.47 Å². The van der Waals surface area contributed by atoms with Crippen LogP contribution in [0.2, 0.25) is 0 Å². The number of nitrogens with one attached hydrogen (secondary N) is 1. The van der Waals surface area contributed by atoms with Crippen LogP contribution in [0.25, 0.3) is 0 Å². The zero-order valence-corrected chi connectivity index (χ0v) is 16.1. The Morgan fingerprint density at radius 3 is 2.07 bits per heavy atom. The van der Waals surface area contributed by atoms with E-state index in [-0.39, 0.29) is 5.78 Å². The van der Waals surface area contributed by atoms with E-state index in [1.165, 1.54) is 31.2 Å². The molecule has 0 bridgehead atoms. The Morgan fingerprint density at radius 2 is 1.56 bits per heavy atom. The summed E-state index contributed by atoms with van der Waals surface area (Å²) in [6.45, 7) is 3.87. The third-order valence-corrected chi connectivity index (χ3v) is 4.13. The van der Waals surface area contributed by atoms with Crippen molar-refractivity contribution in [3.63, 3.8) is 0 Å². The summed E-state index contributed by atoms with van der Waals surface area (Å²) in [5.41, 5.74) is 0.958. The first-order valence-corrected chi connectivity index (χ1v) is 10.1. The molecule has 1 unspecified atom stereocenters. The SMILES string of the molecule is CCOc1ccc(C(=O)OC(C)C(=O)c2ccc(NS(C)(=O)=O)cc2)cc1. The lowest BCUT2D eigenvalue weighted by molar-refractivity contribution is 0.0319. The fourth-order valence-electron chi connectivity index (χ4n) is 2.29. The molecule has 0 saturated heterocycles. The molecule has 2 rings (SSSR count). The molecule has 0 saturated carbocycles. The van der Waals surface area contributed by atoms with Crippen LogP contribution >= 0.6 is 0 Å². The van der Waals surface area contributed by atoms with E-state index in [2.05, 4.69) is 4.72 Å². The van der Waals surface area contributed by atoms with Crippen molar-refractivity contribution in [3.8, 4) is 5.75 Å². The summed E-state index contributed by atoms with van der Waals surface area (Å²) in [6, 6.07) is 12.3. The molecule has 0 aliphatic carbocycles. The Bertz CT molecular complexity index is 904. The monoisotopic (exact) mass is 391 g/mol. The predicted molar refractivity (Wildman–Crippen MR) is 102 cm³/mol. The maximum absolute atomic E-state index is 12.4. The maximum Gasteiger partial charge on any atom is 0.338 e. The van der Waals surface area contributed by atoms with Gasteiger partial charge in [0.25, 0.3) is 0 Å². The first-order chi connectivity index (χ1) is 12.7. The van der Waals surface area contributed by atoms with Crippen LogP contribution in [0, 0.1) is 0 Å². The zero-order chi connectivity index (χ0) is 20.0. The molecule has 2 aromatic carbocycles. The van der Waals surface area contributed by atoms with E-state index < -0.39 is 22.1 Å².